The topological polar surface area (TPSA) is 62.3 Å². The molecule has 0 aliphatic carbocycles. The number of hydrogen-bond donors (Lipinski definition) is 1. The molecule has 1 aromatic heterocycles. The predicted octanol–water partition coefficient (Wildman–Crippen LogP) is 4.69. The highest BCUT2D eigenvalue weighted by Gasteiger charge is 2.39. The van der Waals surface area contributed by atoms with E-state index in [0.29, 0.717) is 16.2 Å². The van der Waals surface area contributed by atoms with E-state index in [2.05, 4.69) is 17.2 Å². The van der Waals surface area contributed by atoms with Crippen molar-refractivity contribution in [2.45, 2.75) is 19.9 Å². The smallest absolute Gasteiger partial charge is 0.278 e. The largest absolute Gasteiger partial charge is 0.350 e. The highest BCUT2D eigenvalue weighted by atomic mass is 35.5. The van der Waals surface area contributed by atoms with Gasteiger partial charge in [-0.1, -0.05) is 48.9 Å². The number of nitrogens with zero attached hydrogens (tertiary/aromatic N) is 2. The SMILES string of the molecule is CCc1ccc(NC2=C(c3ccc(Cl)cc3)C(=O)N(Cc3cccnc3)C2=O)cc1. The number of pyridine rings is 1. The summed E-state index contributed by atoms with van der Waals surface area (Å²) in [6.07, 6.45) is 4.23. The van der Waals surface area contributed by atoms with Crippen molar-refractivity contribution in [1.29, 1.82) is 0 Å². The van der Waals surface area contributed by atoms with E-state index in [0.717, 1.165) is 17.7 Å². The van der Waals surface area contributed by atoms with Crippen molar-refractivity contribution < 1.29 is 9.59 Å². The third-order valence-corrected chi connectivity index (χ3v) is 5.25. The average molecular weight is 418 g/mol. The molecule has 0 radical (unpaired) electrons. The second-order valence-electron chi connectivity index (χ2n) is 6.99. The first-order valence-corrected chi connectivity index (χ1v) is 10.1. The molecule has 150 valence electrons. The van der Waals surface area contributed by atoms with Crippen LogP contribution in [0.15, 0.2) is 78.8 Å². The minimum atomic E-state index is -0.367. The average Bonchev–Trinajstić information content (AvgIpc) is 3.00. The molecule has 2 amide bonds. The molecule has 0 unspecified atom stereocenters. The van der Waals surface area contributed by atoms with Crippen molar-refractivity contribution in [3.63, 3.8) is 0 Å². The van der Waals surface area contributed by atoms with Gasteiger partial charge in [-0.2, -0.15) is 0 Å². The summed E-state index contributed by atoms with van der Waals surface area (Å²) in [6.45, 7) is 2.24. The maximum absolute atomic E-state index is 13.3. The molecule has 4 rings (SSSR count). The molecule has 0 bridgehead atoms. The van der Waals surface area contributed by atoms with Gasteiger partial charge in [0.05, 0.1) is 12.1 Å². The number of nitrogens with one attached hydrogen (secondary N) is 1. The van der Waals surface area contributed by atoms with Crippen molar-refractivity contribution in [2.24, 2.45) is 0 Å². The third kappa shape index (κ3) is 3.98. The number of carbonyl (C=O) groups is 2. The van der Waals surface area contributed by atoms with Crippen molar-refractivity contribution in [3.8, 4) is 0 Å². The van der Waals surface area contributed by atoms with Gasteiger partial charge >= 0.3 is 0 Å². The monoisotopic (exact) mass is 417 g/mol. The standard InChI is InChI=1S/C24H20ClN3O2/c1-2-16-5-11-20(12-6-16)27-22-21(18-7-9-19(25)10-8-18)23(29)28(24(22)30)15-17-4-3-13-26-14-17/h3-14,27H,2,15H2,1H3. The van der Waals surface area contributed by atoms with Gasteiger partial charge in [0.2, 0.25) is 0 Å². The molecule has 2 heterocycles. The van der Waals surface area contributed by atoms with Crippen LogP contribution in [0.3, 0.4) is 0 Å². The summed E-state index contributed by atoms with van der Waals surface area (Å²) < 4.78 is 0. The molecule has 0 atom stereocenters. The summed E-state index contributed by atoms with van der Waals surface area (Å²) in [6, 6.07) is 18.3. The molecule has 0 saturated carbocycles. The molecule has 1 N–H and O–H groups in total. The van der Waals surface area contributed by atoms with Crippen LogP contribution in [0.5, 0.6) is 0 Å². The Bertz CT molecular complexity index is 1110. The summed E-state index contributed by atoms with van der Waals surface area (Å²) in [5, 5.41) is 3.73. The number of carbonyl (C=O) groups excluding carboxylic acids is 2. The molecule has 6 heteroatoms. The summed E-state index contributed by atoms with van der Waals surface area (Å²) >= 11 is 6.01. The van der Waals surface area contributed by atoms with Crippen LogP contribution in [0.1, 0.15) is 23.6 Å². The van der Waals surface area contributed by atoms with Gasteiger partial charge in [0.1, 0.15) is 5.70 Å². The predicted molar refractivity (Wildman–Crippen MR) is 118 cm³/mol. The zero-order chi connectivity index (χ0) is 21.1. The first-order valence-electron chi connectivity index (χ1n) is 9.68. The van der Waals surface area contributed by atoms with Gasteiger partial charge in [-0.25, -0.2) is 0 Å². The lowest BCUT2D eigenvalue weighted by molar-refractivity contribution is -0.137. The highest BCUT2D eigenvalue weighted by Crippen LogP contribution is 2.32. The van der Waals surface area contributed by atoms with Crippen molar-refractivity contribution >= 4 is 34.7 Å². The van der Waals surface area contributed by atoms with Gasteiger partial charge in [0.25, 0.3) is 11.8 Å². The minimum absolute atomic E-state index is 0.155. The first kappa shape index (κ1) is 19.9. The lowest BCUT2D eigenvalue weighted by atomic mass is 10.0. The maximum Gasteiger partial charge on any atom is 0.278 e. The number of anilines is 1. The zero-order valence-electron chi connectivity index (χ0n) is 16.4. The van der Waals surface area contributed by atoms with Gasteiger partial charge in [0.15, 0.2) is 0 Å². The van der Waals surface area contributed by atoms with Crippen molar-refractivity contribution in [1.82, 2.24) is 9.88 Å². The maximum atomic E-state index is 13.3. The number of amides is 2. The Hall–Kier alpha value is -3.44. The van der Waals surface area contributed by atoms with Crippen LogP contribution in [-0.4, -0.2) is 21.7 Å². The summed E-state index contributed by atoms with van der Waals surface area (Å²) in [4.78, 5) is 31.8. The van der Waals surface area contributed by atoms with E-state index in [1.807, 2.05) is 30.3 Å². The van der Waals surface area contributed by atoms with E-state index in [4.69, 9.17) is 11.6 Å². The van der Waals surface area contributed by atoms with Crippen LogP contribution in [0.2, 0.25) is 5.02 Å². The Balaban J connectivity index is 1.72. The lowest BCUT2D eigenvalue weighted by Gasteiger charge is -2.15. The van der Waals surface area contributed by atoms with Crippen LogP contribution in [-0.2, 0) is 22.6 Å². The van der Waals surface area contributed by atoms with Gasteiger partial charge in [-0.15, -0.1) is 0 Å². The van der Waals surface area contributed by atoms with E-state index in [9.17, 15) is 9.59 Å². The van der Waals surface area contributed by atoms with Crippen LogP contribution in [0.4, 0.5) is 5.69 Å². The van der Waals surface area contributed by atoms with E-state index in [1.54, 1.807) is 42.7 Å². The number of halogens is 1. The molecule has 30 heavy (non-hydrogen) atoms. The first-order chi connectivity index (χ1) is 14.6. The fourth-order valence-electron chi connectivity index (χ4n) is 3.36. The van der Waals surface area contributed by atoms with Crippen molar-refractivity contribution in [2.75, 3.05) is 5.32 Å². The Morgan fingerprint density at radius 2 is 1.67 bits per heavy atom. The lowest BCUT2D eigenvalue weighted by Crippen LogP contribution is -2.32. The van der Waals surface area contributed by atoms with Gasteiger partial charge in [-0.3, -0.25) is 19.5 Å². The number of imide groups is 1. The Morgan fingerprint density at radius 3 is 2.30 bits per heavy atom. The van der Waals surface area contributed by atoms with E-state index in [1.165, 1.54) is 10.5 Å². The summed E-state index contributed by atoms with van der Waals surface area (Å²) in [5.41, 5.74) is 3.95. The normalized spacial score (nSPS) is 13.9. The second kappa shape index (κ2) is 8.51. The second-order valence-corrected chi connectivity index (χ2v) is 7.43. The van der Waals surface area contributed by atoms with Gasteiger partial charge in [0, 0.05) is 23.1 Å². The molecule has 2 aromatic carbocycles. The van der Waals surface area contributed by atoms with Crippen molar-refractivity contribution in [3.05, 3.63) is 100 Å². The molecule has 3 aromatic rings. The van der Waals surface area contributed by atoms with Crippen LogP contribution in [0.25, 0.3) is 5.57 Å². The summed E-state index contributed by atoms with van der Waals surface area (Å²) in [5.74, 6) is -0.716. The Morgan fingerprint density at radius 1 is 0.933 bits per heavy atom. The summed E-state index contributed by atoms with van der Waals surface area (Å²) in [7, 11) is 0. The fourth-order valence-corrected chi connectivity index (χ4v) is 3.49. The molecule has 1 aliphatic rings. The number of aromatic nitrogens is 1. The van der Waals surface area contributed by atoms with Gasteiger partial charge in [-0.05, 0) is 53.4 Å². The molecule has 0 spiro atoms. The molecule has 0 fully saturated rings. The molecular formula is C24H20ClN3O2. The molecule has 1 aliphatic heterocycles. The third-order valence-electron chi connectivity index (χ3n) is 5.00. The van der Waals surface area contributed by atoms with Crippen LogP contribution in [0, 0.1) is 0 Å². The van der Waals surface area contributed by atoms with Crippen LogP contribution < -0.4 is 5.32 Å². The molecule has 0 saturated heterocycles. The Kier molecular flexibility index (Phi) is 5.63. The Labute approximate surface area is 180 Å². The van der Waals surface area contributed by atoms with E-state index in [-0.39, 0.29) is 24.1 Å². The molecular weight excluding hydrogens is 398 g/mol. The minimum Gasteiger partial charge on any atom is -0.350 e. The number of benzene rings is 2. The fraction of sp³-hybridized carbons (Fsp3) is 0.125. The molecule has 5 nitrogen and oxygen atoms in total. The number of hydrogen-bond acceptors (Lipinski definition) is 4. The van der Waals surface area contributed by atoms with Gasteiger partial charge < -0.3 is 5.32 Å². The quantitative estimate of drug-likeness (QED) is 0.591. The highest BCUT2D eigenvalue weighted by molar-refractivity contribution is 6.36. The van der Waals surface area contributed by atoms with E-state index < -0.39 is 0 Å². The zero-order valence-corrected chi connectivity index (χ0v) is 17.2. The number of rotatable bonds is 6. The van der Waals surface area contributed by atoms with E-state index >= 15 is 0 Å². The van der Waals surface area contributed by atoms with Crippen LogP contribution >= 0.6 is 11.6 Å². The number of aryl methyl sites for hydroxylation is 1.